The molecule has 2 aliphatic carbocycles. The molecule has 0 radical (unpaired) electrons. The average Bonchev–Trinajstić information content (AvgIpc) is 2.14. The van der Waals surface area contributed by atoms with Crippen molar-refractivity contribution in [1.82, 2.24) is 0 Å². The molecule has 0 saturated heterocycles. The molecule has 17 heavy (non-hydrogen) atoms. The van der Waals surface area contributed by atoms with E-state index in [0.717, 1.165) is 25.7 Å². The highest BCUT2D eigenvalue weighted by Gasteiger charge is 2.40. The third-order valence-corrected chi connectivity index (χ3v) is 4.56. The summed E-state index contributed by atoms with van der Waals surface area (Å²) in [5.74, 6) is -1.62. The maximum atomic E-state index is 13.4. The van der Waals surface area contributed by atoms with Crippen LogP contribution in [0.2, 0.25) is 0 Å². The molecule has 2 rings (SSSR count). The predicted molar refractivity (Wildman–Crippen MR) is 66.1 cm³/mol. The van der Waals surface area contributed by atoms with E-state index in [9.17, 15) is 8.78 Å². The van der Waals surface area contributed by atoms with Crippen LogP contribution in [0.4, 0.5) is 8.78 Å². The van der Waals surface area contributed by atoms with Crippen LogP contribution in [0.25, 0.3) is 0 Å². The molecular formula is C14H25F2N. The van der Waals surface area contributed by atoms with Gasteiger partial charge in [-0.05, 0) is 43.9 Å². The molecule has 2 aliphatic rings. The minimum absolute atomic E-state index is 0.0698. The SMILES string of the molecule is CC1CCCC(N)(CC2CCCC(F)(F)C2)C1. The number of nitrogens with two attached hydrogens (primary N) is 1. The summed E-state index contributed by atoms with van der Waals surface area (Å²) in [5.41, 5.74) is 6.27. The van der Waals surface area contributed by atoms with Gasteiger partial charge in [0.2, 0.25) is 5.92 Å². The van der Waals surface area contributed by atoms with Gasteiger partial charge < -0.3 is 5.73 Å². The number of hydrogen-bond donors (Lipinski definition) is 1. The molecule has 3 atom stereocenters. The van der Waals surface area contributed by atoms with Crippen LogP contribution in [0.5, 0.6) is 0 Å². The molecule has 2 fully saturated rings. The van der Waals surface area contributed by atoms with Gasteiger partial charge in [-0.25, -0.2) is 8.78 Å². The Kier molecular flexibility index (Phi) is 3.77. The maximum Gasteiger partial charge on any atom is 0.248 e. The highest BCUT2D eigenvalue weighted by molar-refractivity contribution is 4.93. The van der Waals surface area contributed by atoms with Gasteiger partial charge in [-0.1, -0.05) is 19.8 Å². The van der Waals surface area contributed by atoms with Crippen LogP contribution in [0, 0.1) is 11.8 Å². The van der Waals surface area contributed by atoms with Crippen molar-refractivity contribution < 1.29 is 8.78 Å². The molecule has 100 valence electrons. The van der Waals surface area contributed by atoms with Crippen molar-refractivity contribution in [3.8, 4) is 0 Å². The molecule has 0 heterocycles. The second-order valence-electron chi connectivity index (χ2n) is 6.59. The van der Waals surface area contributed by atoms with E-state index < -0.39 is 5.92 Å². The fraction of sp³-hybridized carbons (Fsp3) is 1.00. The lowest BCUT2D eigenvalue weighted by Crippen LogP contribution is -2.46. The Morgan fingerprint density at radius 2 is 1.82 bits per heavy atom. The van der Waals surface area contributed by atoms with E-state index in [0.29, 0.717) is 12.3 Å². The molecular weight excluding hydrogens is 220 g/mol. The van der Waals surface area contributed by atoms with Crippen LogP contribution >= 0.6 is 0 Å². The van der Waals surface area contributed by atoms with Crippen molar-refractivity contribution in [2.75, 3.05) is 0 Å². The van der Waals surface area contributed by atoms with Crippen LogP contribution in [0.3, 0.4) is 0 Å². The summed E-state index contributed by atoms with van der Waals surface area (Å²) in [5, 5.41) is 0. The lowest BCUT2D eigenvalue weighted by Gasteiger charge is -2.41. The minimum atomic E-state index is -2.43. The molecule has 2 N–H and O–H groups in total. The summed E-state index contributed by atoms with van der Waals surface area (Å²) in [4.78, 5) is 0. The quantitative estimate of drug-likeness (QED) is 0.778. The average molecular weight is 245 g/mol. The summed E-state index contributed by atoms with van der Waals surface area (Å²) in [6.45, 7) is 2.23. The zero-order valence-corrected chi connectivity index (χ0v) is 10.9. The minimum Gasteiger partial charge on any atom is -0.325 e. The standard InChI is InChI=1S/C14H25F2N/c1-11-4-2-6-13(17,8-11)9-12-5-3-7-14(15,16)10-12/h11-12H,2-10,17H2,1H3. The van der Waals surface area contributed by atoms with E-state index in [-0.39, 0.29) is 24.3 Å². The second kappa shape index (κ2) is 4.83. The molecule has 0 amide bonds. The molecule has 3 unspecified atom stereocenters. The smallest absolute Gasteiger partial charge is 0.248 e. The molecule has 3 heteroatoms. The first-order valence-corrected chi connectivity index (χ1v) is 7.05. The Bertz CT molecular complexity index is 267. The van der Waals surface area contributed by atoms with Gasteiger partial charge in [0, 0.05) is 18.4 Å². The largest absolute Gasteiger partial charge is 0.325 e. The van der Waals surface area contributed by atoms with Gasteiger partial charge in [0.15, 0.2) is 0 Å². The van der Waals surface area contributed by atoms with Gasteiger partial charge in [0.1, 0.15) is 0 Å². The van der Waals surface area contributed by atoms with Crippen LogP contribution < -0.4 is 5.73 Å². The summed E-state index contributed by atoms with van der Waals surface area (Å²) in [6, 6.07) is 0. The first-order valence-electron chi connectivity index (χ1n) is 7.05. The molecule has 0 aliphatic heterocycles. The molecule has 0 bridgehead atoms. The Morgan fingerprint density at radius 3 is 2.47 bits per heavy atom. The Labute approximate surface area is 103 Å². The predicted octanol–water partition coefficient (Wildman–Crippen LogP) is 4.11. The molecule has 0 aromatic heterocycles. The molecule has 2 saturated carbocycles. The zero-order valence-electron chi connectivity index (χ0n) is 10.9. The summed E-state index contributed by atoms with van der Waals surface area (Å²) < 4.78 is 26.7. The summed E-state index contributed by atoms with van der Waals surface area (Å²) >= 11 is 0. The summed E-state index contributed by atoms with van der Waals surface area (Å²) in [7, 11) is 0. The van der Waals surface area contributed by atoms with Crippen molar-refractivity contribution in [2.24, 2.45) is 17.6 Å². The lowest BCUT2D eigenvalue weighted by atomic mass is 9.70. The van der Waals surface area contributed by atoms with Crippen molar-refractivity contribution in [3.63, 3.8) is 0 Å². The third kappa shape index (κ3) is 3.64. The highest BCUT2D eigenvalue weighted by atomic mass is 19.3. The van der Waals surface area contributed by atoms with E-state index in [2.05, 4.69) is 6.92 Å². The number of hydrogen-bond acceptors (Lipinski definition) is 1. The van der Waals surface area contributed by atoms with E-state index in [1.165, 1.54) is 12.8 Å². The fourth-order valence-electron chi connectivity index (χ4n) is 3.91. The first-order chi connectivity index (χ1) is 7.89. The molecule has 1 nitrogen and oxygen atoms in total. The maximum absolute atomic E-state index is 13.4. The number of alkyl halides is 2. The van der Waals surface area contributed by atoms with E-state index >= 15 is 0 Å². The van der Waals surface area contributed by atoms with Gasteiger partial charge in [-0.3, -0.25) is 0 Å². The van der Waals surface area contributed by atoms with Gasteiger partial charge in [-0.15, -0.1) is 0 Å². The highest BCUT2D eigenvalue weighted by Crippen LogP contribution is 2.42. The molecule has 0 spiro atoms. The van der Waals surface area contributed by atoms with Crippen molar-refractivity contribution >= 4 is 0 Å². The van der Waals surface area contributed by atoms with E-state index in [1.54, 1.807) is 0 Å². The van der Waals surface area contributed by atoms with Crippen molar-refractivity contribution in [3.05, 3.63) is 0 Å². The lowest BCUT2D eigenvalue weighted by molar-refractivity contribution is -0.0577. The van der Waals surface area contributed by atoms with Crippen molar-refractivity contribution in [2.45, 2.75) is 76.2 Å². The van der Waals surface area contributed by atoms with Crippen LogP contribution in [-0.2, 0) is 0 Å². The molecule has 0 aromatic rings. The first kappa shape index (κ1) is 13.3. The topological polar surface area (TPSA) is 26.0 Å². The molecule has 0 aromatic carbocycles. The van der Waals surface area contributed by atoms with Crippen LogP contribution in [0.1, 0.15) is 64.7 Å². The van der Waals surface area contributed by atoms with Gasteiger partial charge in [0.25, 0.3) is 0 Å². The van der Waals surface area contributed by atoms with Gasteiger partial charge in [-0.2, -0.15) is 0 Å². The van der Waals surface area contributed by atoms with Crippen LogP contribution in [-0.4, -0.2) is 11.5 Å². The number of rotatable bonds is 2. The monoisotopic (exact) mass is 245 g/mol. The Hall–Kier alpha value is -0.180. The summed E-state index contributed by atoms with van der Waals surface area (Å²) in [6.07, 6.45) is 7.05. The van der Waals surface area contributed by atoms with Crippen LogP contribution in [0.15, 0.2) is 0 Å². The zero-order chi connectivity index (χ0) is 12.5. The fourth-order valence-corrected chi connectivity index (χ4v) is 3.91. The van der Waals surface area contributed by atoms with E-state index in [1.807, 2.05) is 0 Å². The second-order valence-corrected chi connectivity index (χ2v) is 6.59. The Balaban J connectivity index is 1.91. The number of halogens is 2. The van der Waals surface area contributed by atoms with Gasteiger partial charge >= 0.3 is 0 Å². The third-order valence-electron chi connectivity index (χ3n) is 4.56. The van der Waals surface area contributed by atoms with Crippen molar-refractivity contribution in [1.29, 1.82) is 0 Å². The van der Waals surface area contributed by atoms with E-state index in [4.69, 9.17) is 5.73 Å². The Morgan fingerprint density at radius 1 is 1.12 bits per heavy atom. The van der Waals surface area contributed by atoms with Gasteiger partial charge in [0.05, 0.1) is 0 Å². The normalized spacial score (nSPS) is 42.4.